The van der Waals surface area contributed by atoms with Crippen molar-refractivity contribution in [3.05, 3.63) is 136 Å². The van der Waals surface area contributed by atoms with E-state index in [0.717, 1.165) is 66.3 Å². The third-order valence-electron chi connectivity index (χ3n) is 16.6. The molecule has 0 aromatic heterocycles. The van der Waals surface area contributed by atoms with Gasteiger partial charge in [-0.05, 0) is 147 Å². The van der Waals surface area contributed by atoms with E-state index in [9.17, 15) is 33.6 Å². The molecule has 4 aromatic rings. The molecule has 9 atom stereocenters. The van der Waals surface area contributed by atoms with Crippen molar-refractivity contribution in [2.24, 2.45) is 10.8 Å². The molecule has 17 nitrogen and oxygen atoms in total. The average Bonchev–Trinajstić information content (AvgIpc) is 3.89. The molecule has 7 amide bonds. The second-order valence-corrected chi connectivity index (χ2v) is 24.5. The van der Waals surface area contributed by atoms with E-state index in [0.29, 0.717) is 11.3 Å². The summed E-state index contributed by atoms with van der Waals surface area (Å²) in [6.45, 7) is 15.2. The number of nitrogens with one attached hydrogen (secondary N) is 7. The Morgan fingerprint density at radius 3 is 1.64 bits per heavy atom. The van der Waals surface area contributed by atoms with Gasteiger partial charge in [0, 0.05) is 31.1 Å². The van der Waals surface area contributed by atoms with E-state index in [4.69, 9.17) is 4.74 Å². The number of fused-ring (bicyclic) bond motifs is 3. The number of aryl methyl sites for hydroxylation is 2. The highest BCUT2D eigenvalue weighted by Gasteiger charge is 2.47. The summed E-state index contributed by atoms with van der Waals surface area (Å²) < 4.78 is 6.34. The Hall–Kier alpha value is -7.11. The highest BCUT2D eigenvalue weighted by Crippen LogP contribution is 2.35. The minimum absolute atomic E-state index is 0.0708. The van der Waals surface area contributed by atoms with Gasteiger partial charge in [-0.1, -0.05) is 108 Å². The van der Waals surface area contributed by atoms with Gasteiger partial charge in [0.1, 0.15) is 36.5 Å². The van der Waals surface area contributed by atoms with Gasteiger partial charge in [-0.2, -0.15) is 0 Å². The molecule has 428 valence electrons. The molecule has 80 heavy (non-hydrogen) atoms. The lowest BCUT2D eigenvalue weighted by atomic mass is 9.83. The van der Waals surface area contributed by atoms with Gasteiger partial charge in [0.25, 0.3) is 5.91 Å². The average molecular weight is 1090 g/mol. The molecule has 4 aromatic carbocycles. The van der Waals surface area contributed by atoms with E-state index in [1.165, 1.54) is 16.0 Å². The quantitative estimate of drug-likeness (QED) is 0.0666. The number of likely N-dealkylation sites (tertiary alicyclic amines) is 1. The van der Waals surface area contributed by atoms with Crippen molar-refractivity contribution in [2.75, 3.05) is 20.6 Å². The Balaban J connectivity index is 0.955. The summed E-state index contributed by atoms with van der Waals surface area (Å²) in [4.78, 5) is 102. The molecular weight excluding hydrogens is 1010 g/mol. The summed E-state index contributed by atoms with van der Waals surface area (Å²) in [6, 6.07) is 23.3. The minimum atomic E-state index is -0.947. The van der Waals surface area contributed by atoms with Crippen molar-refractivity contribution < 1.29 is 38.3 Å². The summed E-state index contributed by atoms with van der Waals surface area (Å²) >= 11 is 0. The zero-order valence-electron chi connectivity index (χ0n) is 48.3. The van der Waals surface area contributed by atoms with Gasteiger partial charge in [-0.25, -0.2) is 0 Å². The van der Waals surface area contributed by atoms with E-state index in [1.807, 2.05) is 102 Å². The zero-order valence-corrected chi connectivity index (χ0v) is 48.3. The number of ether oxygens (including phenoxy) is 1. The van der Waals surface area contributed by atoms with E-state index in [1.54, 1.807) is 45.0 Å². The number of rotatable bonds is 17. The fourth-order valence-corrected chi connectivity index (χ4v) is 11.5. The molecule has 0 radical (unpaired) electrons. The van der Waals surface area contributed by atoms with Crippen LogP contribution in [-0.2, 0) is 61.2 Å². The van der Waals surface area contributed by atoms with Crippen LogP contribution in [-0.4, -0.2) is 114 Å². The molecule has 0 spiro atoms. The standard InChI is InChI=1S/C63H83N9O8/c1-37(64-9)55(73)69-53(62(3,4)5)60(78)71-34-43-29-30-46(31-44(43)32-51(71)58(76)67-49-23-15-19-40-17-11-13-21-47(40)49)80-36-39-25-27-42(28-26-39)57(75)66-45-33-52(59(77)68-50-24-16-20-41-18-12-14-22-48(41)50)72(35-45)61(79)54(63(6,7)8)70-56(74)38(2)65-10/h11-14,17-18,21-22,25-31,37-38,45,49-54,64-65H,15-16,19-20,23-24,32-36H2,1-10H3,(H,66,75)(H,67,76)(H,68,77)(H,69,73)(H,70,74)/t37-,38-,45-,49?,50?,51+,52-,53+,54+/m0/s1. The van der Waals surface area contributed by atoms with E-state index < -0.39 is 59.0 Å². The lowest BCUT2D eigenvalue weighted by Gasteiger charge is -2.41. The molecule has 2 aliphatic carbocycles. The van der Waals surface area contributed by atoms with Crippen molar-refractivity contribution in [3.8, 4) is 5.75 Å². The van der Waals surface area contributed by atoms with Crippen LogP contribution in [0.2, 0.25) is 0 Å². The Morgan fingerprint density at radius 1 is 0.600 bits per heavy atom. The summed E-state index contributed by atoms with van der Waals surface area (Å²) in [7, 11) is 3.36. The summed E-state index contributed by atoms with van der Waals surface area (Å²) in [6.07, 6.45) is 5.67. The summed E-state index contributed by atoms with van der Waals surface area (Å²) in [5.41, 5.74) is 6.10. The zero-order chi connectivity index (χ0) is 57.6. The van der Waals surface area contributed by atoms with Crippen LogP contribution in [0.15, 0.2) is 91.0 Å². The smallest absolute Gasteiger partial charge is 0.251 e. The van der Waals surface area contributed by atoms with Gasteiger partial charge in [-0.3, -0.25) is 33.6 Å². The molecule has 1 saturated heterocycles. The second kappa shape index (κ2) is 25.1. The van der Waals surface area contributed by atoms with Crippen LogP contribution < -0.4 is 42.0 Å². The maximum atomic E-state index is 14.8. The molecule has 1 fully saturated rings. The largest absolute Gasteiger partial charge is 0.489 e. The topological polar surface area (TPSA) is 219 Å². The molecule has 2 aliphatic heterocycles. The molecular formula is C63H83N9O8. The van der Waals surface area contributed by atoms with Gasteiger partial charge in [0.15, 0.2) is 0 Å². The third kappa shape index (κ3) is 13.7. The molecule has 0 saturated carbocycles. The fourth-order valence-electron chi connectivity index (χ4n) is 11.5. The number of carbonyl (C=O) groups is 7. The molecule has 7 N–H and O–H groups in total. The number of likely N-dealkylation sites (N-methyl/N-ethyl adjacent to an activating group) is 2. The SMILES string of the molecule is CN[C@@H](C)C(=O)N[C@H](C(=O)N1Cc2ccc(OCc3ccc(C(=O)N[C@H]4C[C@@H](C(=O)NC5CCCc6ccccc65)N(C(=O)[C@@H](NC(=O)[C@H](C)NC)C(C)(C)C)C4)cc3)cc2C[C@@H]1C(=O)NC1CCCc2ccccc21)C(C)(C)C. The fraction of sp³-hybridized carbons (Fsp3) is 0.508. The number of amides is 7. The van der Waals surface area contributed by atoms with Crippen molar-refractivity contribution in [3.63, 3.8) is 0 Å². The first-order valence-electron chi connectivity index (χ1n) is 28.5. The van der Waals surface area contributed by atoms with E-state index >= 15 is 0 Å². The van der Waals surface area contributed by atoms with Gasteiger partial charge < -0.3 is 51.8 Å². The minimum Gasteiger partial charge on any atom is -0.489 e. The lowest BCUT2D eigenvalue weighted by Crippen LogP contribution is -2.62. The molecule has 2 heterocycles. The van der Waals surface area contributed by atoms with Crippen LogP contribution in [0.25, 0.3) is 0 Å². The highest BCUT2D eigenvalue weighted by atomic mass is 16.5. The first-order valence-corrected chi connectivity index (χ1v) is 28.5. The first kappa shape index (κ1) is 59.0. The highest BCUT2D eigenvalue weighted by molar-refractivity contribution is 5.97. The number of hydrogen-bond donors (Lipinski definition) is 7. The van der Waals surface area contributed by atoms with Gasteiger partial charge in [-0.15, -0.1) is 0 Å². The van der Waals surface area contributed by atoms with Crippen LogP contribution >= 0.6 is 0 Å². The molecule has 0 bridgehead atoms. The molecule has 2 unspecified atom stereocenters. The normalized spacial score (nSPS) is 21.2. The molecule has 17 heteroatoms. The van der Waals surface area contributed by atoms with E-state index in [2.05, 4.69) is 55.4 Å². The van der Waals surface area contributed by atoms with Crippen LogP contribution in [0.3, 0.4) is 0 Å². The first-order chi connectivity index (χ1) is 38.0. The number of benzene rings is 4. The summed E-state index contributed by atoms with van der Waals surface area (Å²) in [5.74, 6) is -1.74. The number of carbonyl (C=O) groups excluding carboxylic acids is 7. The van der Waals surface area contributed by atoms with Gasteiger partial charge in [0.05, 0.1) is 24.2 Å². The second-order valence-electron chi connectivity index (χ2n) is 24.5. The number of nitrogens with zero attached hydrogens (tertiary/aromatic N) is 2. The van der Waals surface area contributed by atoms with Crippen molar-refractivity contribution in [2.45, 2.75) is 174 Å². The molecule has 4 aliphatic rings. The van der Waals surface area contributed by atoms with Gasteiger partial charge >= 0.3 is 0 Å². The predicted molar refractivity (Wildman–Crippen MR) is 307 cm³/mol. The van der Waals surface area contributed by atoms with Crippen molar-refractivity contribution in [1.82, 2.24) is 47.0 Å². The van der Waals surface area contributed by atoms with Crippen LogP contribution in [0.5, 0.6) is 5.75 Å². The Labute approximate surface area is 471 Å². The third-order valence-corrected chi connectivity index (χ3v) is 16.6. The molecule has 8 rings (SSSR count). The maximum absolute atomic E-state index is 14.8. The monoisotopic (exact) mass is 1090 g/mol. The van der Waals surface area contributed by atoms with E-state index in [-0.39, 0.29) is 80.1 Å². The lowest BCUT2D eigenvalue weighted by molar-refractivity contribution is -0.147. The van der Waals surface area contributed by atoms with Gasteiger partial charge in [0.2, 0.25) is 35.4 Å². The Kier molecular flexibility index (Phi) is 18.5. The van der Waals surface area contributed by atoms with Crippen LogP contribution in [0.1, 0.15) is 149 Å². The predicted octanol–water partition coefficient (Wildman–Crippen LogP) is 5.88. The Morgan fingerprint density at radius 2 is 1.11 bits per heavy atom. The van der Waals surface area contributed by atoms with Crippen LogP contribution in [0.4, 0.5) is 0 Å². The van der Waals surface area contributed by atoms with Crippen molar-refractivity contribution >= 4 is 41.4 Å². The Bertz CT molecular complexity index is 2930. The summed E-state index contributed by atoms with van der Waals surface area (Å²) in [5, 5.41) is 21.5. The number of hydrogen-bond acceptors (Lipinski definition) is 10. The maximum Gasteiger partial charge on any atom is 0.251 e. The van der Waals surface area contributed by atoms with Crippen LogP contribution in [0, 0.1) is 10.8 Å². The van der Waals surface area contributed by atoms with Crippen molar-refractivity contribution in [1.29, 1.82) is 0 Å².